The summed E-state index contributed by atoms with van der Waals surface area (Å²) in [4.78, 5) is 34.9. The van der Waals surface area contributed by atoms with E-state index in [1.807, 2.05) is 0 Å². The molecule has 0 spiro atoms. The molecule has 4 N–H and O–H groups in total. The highest BCUT2D eigenvalue weighted by atomic mass is 32.2. The predicted octanol–water partition coefficient (Wildman–Crippen LogP) is 2.92. The minimum atomic E-state index is -4.92. The molecule has 0 radical (unpaired) electrons. The Hall–Kier alpha value is -4.86. The van der Waals surface area contributed by atoms with Gasteiger partial charge in [0, 0.05) is 12.7 Å². The lowest BCUT2D eigenvalue weighted by molar-refractivity contribution is -0.274. The van der Waals surface area contributed by atoms with Crippen LogP contribution in [0.4, 0.5) is 24.5 Å². The molecule has 0 unspecified atom stereocenters. The van der Waals surface area contributed by atoms with Gasteiger partial charge in [0.2, 0.25) is 0 Å². The monoisotopic (exact) mass is 562 g/mol. The molecular formula is C23H17F3N6O6S. The molecule has 12 nitrogen and oxygen atoms in total. The van der Waals surface area contributed by atoms with Gasteiger partial charge in [-0.3, -0.25) is 14.3 Å². The number of alkyl halides is 3. The number of hydrogen-bond donors (Lipinski definition) is 4. The first-order valence-corrected chi connectivity index (χ1v) is 12.5. The first-order chi connectivity index (χ1) is 18.5. The number of anilines is 2. The molecule has 16 heteroatoms. The third-order valence-corrected chi connectivity index (χ3v) is 6.80. The summed E-state index contributed by atoms with van der Waals surface area (Å²) >= 11 is 0. The third kappa shape index (κ3) is 5.69. The van der Waals surface area contributed by atoms with E-state index in [4.69, 9.17) is 4.74 Å². The van der Waals surface area contributed by atoms with Gasteiger partial charge in [-0.15, -0.1) is 13.2 Å². The summed E-state index contributed by atoms with van der Waals surface area (Å²) in [5.74, 6) is -0.950. The van der Waals surface area contributed by atoms with Gasteiger partial charge in [-0.25, -0.2) is 18.4 Å². The average molecular weight is 562 g/mol. The number of ether oxygens (including phenoxy) is 2. The van der Waals surface area contributed by atoms with Crippen LogP contribution in [-0.4, -0.2) is 48.2 Å². The molecule has 0 saturated carbocycles. The fourth-order valence-corrected chi connectivity index (χ4v) is 4.78. The number of aromatic nitrogens is 3. The molecule has 4 aromatic rings. The molecule has 0 saturated heterocycles. The van der Waals surface area contributed by atoms with Crippen molar-refractivity contribution in [3.8, 4) is 11.5 Å². The number of halogens is 3. The minimum absolute atomic E-state index is 0.0116. The summed E-state index contributed by atoms with van der Waals surface area (Å²) in [6.45, 7) is 0.00596. The normalized spacial score (nSPS) is 13.3. The highest BCUT2D eigenvalue weighted by molar-refractivity contribution is 7.92. The molecule has 5 rings (SSSR count). The van der Waals surface area contributed by atoms with Crippen molar-refractivity contribution in [2.24, 2.45) is 0 Å². The molecular weight excluding hydrogens is 545 g/mol. The lowest BCUT2D eigenvalue weighted by atomic mass is 10.1. The Morgan fingerprint density at radius 2 is 1.90 bits per heavy atom. The van der Waals surface area contributed by atoms with Gasteiger partial charge in [-0.2, -0.15) is 0 Å². The molecule has 2 aromatic heterocycles. The number of nitrogens with zero attached hydrogens (tertiary/aromatic N) is 2. The number of carbonyl (C=O) groups excluding carboxylic acids is 2. The Morgan fingerprint density at radius 3 is 2.64 bits per heavy atom. The topological polar surface area (TPSA) is 164 Å². The number of H-pyrrole nitrogens is 1. The van der Waals surface area contributed by atoms with Gasteiger partial charge in [0.15, 0.2) is 12.3 Å². The molecule has 2 amide bonds. The van der Waals surface area contributed by atoms with Crippen molar-refractivity contribution in [3.63, 3.8) is 0 Å². The van der Waals surface area contributed by atoms with Crippen LogP contribution in [0, 0.1) is 0 Å². The summed E-state index contributed by atoms with van der Waals surface area (Å²) in [5, 5.41) is 5.38. The summed E-state index contributed by atoms with van der Waals surface area (Å²) in [7, 11) is -4.23. The van der Waals surface area contributed by atoms with Crippen molar-refractivity contribution in [2.75, 3.05) is 16.6 Å². The van der Waals surface area contributed by atoms with Crippen molar-refractivity contribution >= 4 is 44.2 Å². The Morgan fingerprint density at radius 1 is 1.13 bits per heavy atom. The van der Waals surface area contributed by atoms with Crippen LogP contribution in [0.3, 0.4) is 0 Å². The lowest BCUT2D eigenvalue weighted by Crippen LogP contribution is -2.26. The maximum Gasteiger partial charge on any atom is 0.573 e. The second-order valence-electron chi connectivity index (χ2n) is 8.12. The zero-order valence-corrected chi connectivity index (χ0v) is 20.3. The molecule has 0 aliphatic carbocycles. The van der Waals surface area contributed by atoms with Crippen molar-refractivity contribution in [3.05, 3.63) is 66.2 Å². The molecule has 1 aliphatic rings. The average Bonchev–Trinajstić information content (AvgIpc) is 3.28. The van der Waals surface area contributed by atoms with Crippen LogP contribution in [0.1, 0.15) is 16.1 Å². The van der Waals surface area contributed by atoms with Crippen molar-refractivity contribution in [2.45, 2.75) is 17.8 Å². The first-order valence-electron chi connectivity index (χ1n) is 11.0. The van der Waals surface area contributed by atoms with Crippen molar-refractivity contribution < 1.29 is 40.7 Å². The Balaban J connectivity index is 1.31. The summed E-state index contributed by atoms with van der Waals surface area (Å²) < 4.78 is 74.0. The molecule has 39 heavy (non-hydrogen) atoms. The third-order valence-electron chi connectivity index (χ3n) is 5.42. The highest BCUT2D eigenvalue weighted by Gasteiger charge is 2.31. The van der Waals surface area contributed by atoms with E-state index in [0.29, 0.717) is 17.0 Å². The summed E-state index contributed by atoms with van der Waals surface area (Å²) in [6.07, 6.45) is -2.57. The second-order valence-corrected chi connectivity index (χ2v) is 9.81. The Bertz CT molecular complexity index is 1690. The quantitative estimate of drug-likeness (QED) is 0.267. The minimum Gasteiger partial charge on any atom is -0.482 e. The van der Waals surface area contributed by atoms with E-state index < -0.39 is 28.0 Å². The lowest BCUT2D eigenvalue weighted by Gasteiger charge is -2.18. The van der Waals surface area contributed by atoms with E-state index >= 15 is 0 Å². The van der Waals surface area contributed by atoms with Crippen LogP contribution >= 0.6 is 0 Å². The number of aromatic amines is 1. The number of rotatable bonds is 7. The van der Waals surface area contributed by atoms with Crippen LogP contribution < -0.4 is 24.8 Å². The van der Waals surface area contributed by atoms with Gasteiger partial charge in [-0.1, -0.05) is 6.07 Å². The zero-order chi connectivity index (χ0) is 27.8. The van der Waals surface area contributed by atoms with Gasteiger partial charge in [0.05, 0.1) is 21.8 Å². The fourth-order valence-electron chi connectivity index (χ4n) is 3.72. The van der Waals surface area contributed by atoms with Crippen LogP contribution in [-0.2, 0) is 21.4 Å². The van der Waals surface area contributed by atoms with Gasteiger partial charge in [0.25, 0.3) is 21.8 Å². The largest absolute Gasteiger partial charge is 0.573 e. The molecule has 2 aromatic carbocycles. The van der Waals surface area contributed by atoms with Gasteiger partial charge in [-0.05, 0) is 42.0 Å². The van der Waals surface area contributed by atoms with E-state index in [1.165, 1.54) is 6.20 Å². The summed E-state index contributed by atoms with van der Waals surface area (Å²) in [5.41, 5.74) is 1.31. The smallest absolute Gasteiger partial charge is 0.482 e. The molecule has 1 aliphatic heterocycles. The van der Waals surface area contributed by atoms with E-state index in [-0.39, 0.29) is 46.4 Å². The number of sulfonamides is 1. The number of carbonyl (C=O) groups is 2. The van der Waals surface area contributed by atoms with E-state index in [9.17, 15) is 31.2 Å². The summed E-state index contributed by atoms with van der Waals surface area (Å²) in [6, 6.07) is 8.67. The van der Waals surface area contributed by atoms with Gasteiger partial charge >= 0.3 is 6.36 Å². The molecule has 0 bridgehead atoms. The van der Waals surface area contributed by atoms with Crippen molar-refractivity contribution in [1.82, 2.24) is 20.3 Å². The van der Waals surface area contributed by atoms with E-state index in [2.05, 4.69) is 35.0 Å². The Kier molecular flexibility index (Phi) is 6.47. The van der Waals surface area contributed by atoms with E-state index in [0.717, 1.165) is 30.6 Å². The number of nitrogens with one attached hydrogen (secondary N) is 4. The molecule has 0 fully saturated rings. The first kappa shape index (κ1) is 25.8. The van der Waals surface area contributed by atoms with Crippen molar-refractivity contribution in [1.29, 1.82) is 0 Å². The van der Waals surface area contributed by atoms with E-state index in [1.54, 1.807) is 18.2 Å². The fraction of sp³-hybridized carbons (Fsp3) is 0.130. The maximum atomic E-state index is 12.9. The highest BCUT2D eigenvalue weighted by Crippen LogP contribution is 2.29. The molecule has 0 atom stereocenters. The van der Waals surface area contributed by atoms with Crippen LogP contribution in [0.5, 0.6) is 11.5 Å². The zero-order valence-electron chi connectivity index (χ0n) is 19.5. The van der Waals surface area contributed by atoms with Crippen LogP contribution in [0.15, 0.2) is 59.9 Å². The second kappa shape index (κ2) is 9.79. The molecule has 202 valence electrons. The molecule has 3 heterocycles. The van der Waals surface area contributed by atoms with Crippen LogP contribution in [0.25, 0.3) is 11.0 Å². The van der Waals surface area contributed by atoms with Gasteiger partial charge < -0.3 is 25.1 Å². The van der Waals surface area contributed by atoms with Gasteiger partial charge in [0.1, 0.15) is 23.3 Å². The Labute approximate surface area is 217 Å². The standard InChI is InChI=1S/C23H17F3N6O6S/c24-23(25,26)38-13-2-4-14(5-3-13)39(35,36)32-16-9-27-20-19(16)29-11-30-21(20)22(34)28-8-12-1-6-17-15(7-12)31-18(33)10-37-17/h1-7,9,11,27,32H,8,10H2,(H,28,34)(H,31,33). The number of benzene rings is 2. The number of fused-ring (bicyclic) bond motifs is 2. The number of amides is 2. The number of hydrogen-bond acceptors (Lipinski definition) is 8. The maximum absolute atomic E-state index is 12.9. The predicted molar refractivity (Wildman–Crippen MR) is 130 cm³/mol. The van der Waals surface area contributed by atoms with Crippen LogP contribution in [0.2, 0.25) is 0 Å². The SMILES string of the molecule is O=C1COc2ccc(CNC(=O)c3ncnc4c(NS(=O)(=O)c5ccc(OC(F)(F)F)cc5)c[nH]c34)cc2N1.